The summed E-state index contributed by atoms with van der Waals surface area (Å²) in [6.07, 6.45) is 0. The highest BCUT2D eigenvalue weighted by molar-refractivity contribution is 6.03. The van der Waals surface area contributed by atoms with E-state index in [0.717, 1.165) is 5.69 Å². The van der Waals surface area contributed by atoms with Crippen molar-refractivity contribution in [2.45, 2.75) is 5.41 Å². The maximum absolute atomic E-state index is 2.48. The van der Waals surface area contributed by atoms with Crippen molar-refractivity contribution < 1.29 is 0 Å². The summed E-state index contributed by atoms with van der Waals surface area (Å²) in [5.74, 6) is 0. The molecule has 0 saturated heterocycles. The zero-order valence-electron chi connectivity index (χ0n) is 23.0. The van der Waals surface area contributed by atoms with Gasteiger partial charge < -0.3 is 4.90 Å². The summed E-state index contributed by atoms with van der Waals surface area (Å²) in [5, 5.41) is 2.47. The van der Waals surface area contributed by atoms with E-state index >= 15 is 0 Å². The predicted octanol–water partition coefficient (Wildman–Crippen LogP) is 10.7. The van der Waals surface area contributed by atoms with E-state index < -0.39 is 5.41 Å². The highest BCUT2D eigenvalue weighted by Crippen LogP contribution is 2.65. The molecule has 2 aliphatic rings. The van der Waals surface area contributed by atoms with Crippen molar-refractivity contribution in [3.05, 3.63) is 186 Å². The average molecular weight is 534 g/mol. The van der Waals surface area contributed by atoms with E-state index in [1.807, 2.05) is 0 Å². The summed E-state index contributed by atoms with van der Waals surface area (Å²) in [5.41, 5.74) is 13.8. The van der Waals surface area contributed by atoms with Crippen LogP contribution < -0.4 is 4.90 Å². The Balaban J connectivity index is 1.45. The van der Waals surface area contributed by atoms with E-state index in [4.69, 9.17) is 0 Å². The molecule has 1 nitrogen and oxygen atoms in total. The number of hydrogen-bond donors (Lipinski definition) is 0. The molecule has 196 valence electrons. The number of fused-ring (bicyclic) bond motifs is 11. The number of rotatable bonds is 3. The molecule has 9 rings (SSSR count). The van der Waals surface area contributed by atoms with Gasteiger partial charge in [0.15, 0.2) is 0 Å². The fourth-order valence-electron chi connectivity index (χ4n) is 7.71. The lowest BCUT2D eigenvalue weighted by molar-refractivity contribution is 0.793. The lowest BCUT2D eigenvalue weighted by Crippen LogP contribution is -2.28. The van der Waals surface area contributed by atoms with Gasteiger partial charge in [-0.15, -0.1) is 0 Å². The molecule has 0 saturated carbocycles. The summed E-state index contributed by atoms with van der Waals surface area (Å²) >= 11 is 0. The van der Waals surface area contributed by atoms with Crippen molar-refractivity contribution in [2.24, 2.45) is 0 Å². The van der Waals surface area contributed by atoms with Crippen molar-refractivity contribution in [1.82, 2.24) is 0 Å². The van der Waals surface area contributed by atoms with Crippen LogP contribution >= 0.6 is 0 Å². The molecule has 0 amide bonds. The van der Waals surface area contributed by atoms with Crippen LogP contribution in [0.15, 0.2) is 164 Å². The molecule has 1 spiro atoms. The molecule has 7 aromatic carbocycles. The first-order valence-corrected chi connectivity index (χ1v) is 14.6. The molecule has 0 radical (unpaired) electrons. The van der Waals surface area contributed by atoms with Crippen LogP contribution in [0.2, 0.25) is 0 Å². The lowest BCUT2D eigenvalue weighted by atomic mass is 9.70. The Labute approximate surface area is 246 Å². The molecule has 7 aromatic rings. The lowest BCUT2D eigenvalue weighted by Gasteiger charge is -2.36. The summed E-state index contributed by atoms with van der Waals surface area (Å²) < 4.78 is 0. The third-order valence-electron chi connectivity index (χ3n) is 9.25. The minimum absolute atomic E-state index is 0.423. The van der Waals surface area contributed by atoms with Crippen LogP contribution in [0.4, 0.5) is 17.1 Å². The van der Waals surface area contributed by atoms with Crippen molar-refractivity contribution >= 4 is 27.8 Å². The third-order valence-corrected chi connectivity index (χ3v) is 9.25. The molecule has 0 fully saturated rings. The Morgan fingerprint density at radius 3 is 1.52 bits per heavy atom. The van der Waals surface area contributed by atoms with E-state index in [1.54, 1.807) is 0 Å². The van der Waals surface area contributed by atoms with Gasteiger partial charge in [0.25, 0.3) is 0 Å². The van der Waals surface area contributed by atoms with Gasteiger partial charge in [0.2, 0.25) is 0 Å². The van der Waals surface area contributed by atoms with Gasteiger partial charge in [-0.2, -0.15) is 0 Å². The zero-order chi connectivity index (χ0) is 27.7. The van der Waals surface area contributed by atoms with E-state index in [9.17, 15) is 0 Å². The van der Waals surface area contributed by atoms with Gasteiger partial charge in [-0.1, -0.05) is 140 Å². The van der Waals surface area contributed by atoms with Gasteiger partial charge in [-0.3, -0.25) is 0 Å². The molecule has 0 unspecified atom stereocenters. The fraction of sp³-hybridized carbons (Fsp3) is 0.0244. The molecule has 0 atom stereocenters. The number of para-hydroxylation sites is 1. The summed E-state index contributed by atoms with van der Waals surface area (Å²) in [7, 11) is 0. The van der Waals surface area contributed by atoms with Crippen LogP contribution in [0, 0.1) is 0 Å². The van der Waals surface area contributed by atoms with Gasteiger partial charge in [0.05, 0.1) is 16.8 Å². The highest BCUT2D eigenvalue weighted by Gasteiger charge is 2.53. The first kappa shape index (κ1) is 23.3. The minimum atomic E-state index is -0.423. The molecule has 2 aliphatic carbocycles. The van der Waals surface area contributed by atoms with Gasteiger partial charge in [0.1, 0.15) is 0 Å². The van der Waals surface area contributed by atoms with E-state index in [0.29, 0.717) is 0 Å². The number of hydrogen-bond acceptors (Lipinski definition) is 1. The quantitative estimate of drug-likeness (QED) is 0.218. The van der Waals surface area contributed by atoms with Crippen molar-refractivity contribution in [3.8, 4) is 22.3 Å². The highest BCUT2D eigenvalue weighted by atomic mass is 15.1. The minimum Gasteiger partial charge on any atom is -0.310 e. The SMILES string of the molecule is c1ccc(N(c2cccc3c2C2(c4ccccc4-c4ccccc42)c2ccccc2-3)c2cccc3ccccc23)cc1. The smallest absolute Gasteiger partial charge is 0.0746 e. The molecule has 0 bridgehead atoms. The van der Waals surface area contributed by atoms with Crippen LogP contribution in [0.3, 0.4) is 0 Å². The van der Waals surface area contributed by atoms with Crippen molar-refractivity contribution in [1.29, 1.82) is 0 Å². The standard InChI is InChI=1S/C41H27N/c1-2-16-29(17-3-1)42(38-26-12-15-28-14-4-5-18-30(28)38)39-27-13-22-34-33-21-8-11-25-37(33)41(40(34)39)35-23-9-6-19-31(35)32-20-7-10-24-36(32)41/h1-27H. The molecular weight excluding hydrogens is 506 g/mol. The van der Waals surface area contributed by atoms with Gasteiger partial charge in [-0.05, 0) is 68.6 Å². The second kappa shape index (κ2) is 8.80. The van der Waals surface area contributed by atoms with Crippen molar-refractivity contribution in [2.75, 3.05) is 4.90 Å². The van der Waals surface area contributed by atoms with Gasteiger partial charge in [-0.25, -0.2) is 0 Å². The fourth-order valence-corrected chi connectivity index (χ4v) is 7.71. The molecule has 0 aliphatic heterocycles. The molecule has 0 N–H and O–H groups in total. The molecule has 1 heteroatoms. The van der Waals surface area contributed by atoms with E-state index in [1.165, 1.54) is 66.7 Å². The van der Waals surface area contributed by atoms with Crippen LogP contribution in [-0.4, -0.2) is 0 Å². The monoisotopic (exact) mass is 533 g/mol. The Morgan fingerprint density at radius 2 is 0.833 bits per heavy atom. The maximum atomic E-state index is 2.48. The third kappa shape index (κ3) is 2.97. The van der Waals surface area contributed by atoms with Crippen LogP contribution in [0.5, 0.6) is 0 Å². The number of benzene rings is 7. The Hall–Kier alpha value is -5.40. The molecule has 0 aromatic heterocycles. The van der Waals surface area contributed by atoms with Gasteiger partial charge >= 0.3 is 0 Å². The van der Waals surface area contributed by atoms with E-state index in [-0.39, 0.29) is 0 Å². The molecule has 0 heterocycles. The van der Waals surface area contributed by atoms with E-state index in [2.05, 4.69) is 169 Å². The zero-order valence-corrected chi connectivity index (χ0v) is 23.0. The van der Waals surface area contributed by atoms with Crippen LogP contribution in [0.1, 0.15) is 22.3 Å². The second-order valence-corrected chi connectivity index (χ2v) is 11.3. The predicted molar refractivity (Wildman–Crippen MR) is 175 cm³/mol. The van der Waals surface area contributed by atoms with Crippen LogP contribution in [-0.2, 0) is 5.41 Å². The number of anilines is 3. The Kier molecular flexibility index (Phi) is 4.88. The second-order valence-electron chi connectivity index (χ2n) is 11.3. The first-order chi connectivity index (χ1) is 20.9. The largest absolute Gasteiger partial charge is 0.310 e. The average Bonchev–Trinajstić information content (AvgIpc) is 3.54. The maximum Gasteiger partial charge on any atom is 0.0746 e. The summed E-state index contributed by atoms with van der Waals surface area (Å²) in [6, 6.07) is 60.2. The van der Waals surface area contributed by atoms with Gasteiger partial charge in [0, 0.05) is 16.6 Å². The number of nitrogens with zero attached hydrogens (tertiary/aromatic N) is 1. The summed E-state index contributed by atoms with van der Waals surface area (Å²) in [4.78, 5) is 2.48. The van der Waals surface area contributed by atoms with Crippen molar-refractivity contribution in [3.63, 3.8) is 0 Å². The Bertz CT molecular complexity index is 2090. The molecule has 42 heavy (non-hydrogen) atoms. The summed E-state index contributed by atoms with van der Waals surface area (Å²) in [6.45, 7) is 0. The molecular formula is C41H27N. The normalized spacial score (nSPS) is 13.4. The first-order valence-electron chi connectivity index (χ1n) is 14.6. The Morgan fingerprint density at radius 1 is 0.357 bits per heavy atom. The topological polar surface area (TPSA) is 3.24 Å². The van der Waals surface area contributed by atoms with Crippen LogP contribution in [0.25, 0.3) is 33.0 Å².